The number of aliphatic carboxylic acids is 1. The molecule has 0 fully saturated rings. The largest absolute Gasteiger partial charge is 0.476 e. The van der Waals surface area contributed by atoms with Crippen molar-refractivity contribution < 1.29 is 14.8 Å². The van der Waals surface area contributed by atoms with Crippen molar-refractivity contribution in [2.45, 2.75) is 32.2 Å². The van der Waals surface area contributed by atoms with Crippen LogP contribution in [0.4, 0.5) is 0 Å². The number of nitrogens with zero attached hydrogens (tertiary/aromatic N) is 1. The average Bonchev–Trinajstić information content (AvgIpc) is 2.02. The van der Waals surface area contributed by atoms with E-state index in [1.807, 2.05) is 6.92 Å². The molecule has 1 N–H and O–H groups in total. The Balaban J connectivity index is 3.12. The molecule has 0 aromatic rings. The van der Waals surface area contributed by atoms with Gasteiger partial charge < -0.3 is 5.11 Å². The van der Waals surface area contributed by atoms with Crippen molar-refractivity contribution in [2.75, 3.05) is 0 Å². The highest BCUT2D eigenvalue weighted by Crippen LogP contribution is 2.35. The van der Waals surface area contributed by atoms with Crippen LogP contribution in [-0.4, -0.2) is 21.5 Å². The van der Waals surface area contributed by atoms with E-state index >= 15 is 0 Å². The maximum Gasteiger partial charge on any atom is 0.383 e. The van der Waals surface area contributed by atoms with E-state index in [-0.39, 0.29) is 6.42 Å². The molecule has 0 bridgehead atoms. The average molecular weight is 199 g/mol. The number of hydrogen-bond donors (Lipinski definition) is 1. The molecule has 0 saturated heterocycles. The van der Waals surface area contributed by atoms with Crippen LogP contribution in [0.1, 0.15) is 26.7 Å². The molecule has 0 heterocycles. The summed E-state index contributed by atoms with van der Waals surface area (Å²) < 4.78 is 0. The summed E-state index contributed by atoms with van der Waals surface area (Å²) in [5, 5.41) is 19.8. The van der Waals surface area contributed by atoms with E-state index in [1.165, 1.54) is 0 Å². The van der Waals surface area contributed by atoms with Crippen LogP contribution in [0.3, 0.4) is 0 Å². The third kappa shape index (κ3) is 1.38. The minimum Gasteiger partial charge on any atom is -0.476 e. The first-order valence-corrected chi connectivity index (χ1v) is 4.44. The maximum absolute atomic E-state index is 11.0. The molecule has 0 aromatic carbocycles. The van der Waals surface area contributed by atoms with Crippen LogP contribution in [0.5, 0.6) is 0 Å². The van der Waals surface area contributed by atoms with Gasteiger partial charge in [0.2, 0.25) is 0 Å². The summed E-state index contributed by atoms with van der Waals surface area (Å²) in [6.07, 6.45) is 2.12. The van der Waals surface area contributed by atoms with Crippen molar-refractivity contribution in [3.05, 3.63) is 21.8 Å². The van der Waals surface area contributed by atoms with E-state index in [4.69, 9.17) is 5.11 Å². The van der Waals surface area contributed by atoms with Gasteiger partial charge >= 0.3 is 11.5 Å². The number of nitro groups is 1. The van der Waals surface area contributed by atoms with E-state index in [9.17, 15) is 14.9 Å². The first-order chi connectivity index (χ1) is 6.41. The highest BCUT2D eigenvalue weighted by Gasteiger charge is 2.56. The molecule has 0 aromatic heterocycles. The van der Waals surface area contributed by atoms with Crippen LogP contribution >= 0.6 is 0 Å². The highest BCUT2D eigenvalue weighted by atomic mass is 16.6. The second kappa shape index (κ2) is 3.40. The fraction of sp³-hybridized carbons (Fsp3) is 0.667. The zero-order chi connectivity index (χ0) is 10.9. The molecule has 5 nitrogen and oxygen atoms in total. The van der Waals surface area contributed by atoms with E-state index in [0.29, 0.717) is 6.42 Å². The molecule has 78 valence electrons. The first-order valence-electron chi connectivity index (χ1n) is 4.44. The van der Waals surface area contributed by atoms with E-state index in [0.717, 1.165) is 5.57 Å². The summed E-state index contributed by atoms with van der Waals surface area (Å²) in [5.74, 6) is -1.79. The molecule has 0 saturated carbocycles. The van der Waals surface area contributed by atoms with Gasteiger partial charge in [-0.3, -0.25) is 10.1 Å². The summed E-state index contributed by atoms with van der Waals surface area (Å²) in [4.78, 5) is 21.1. The maximum atomic E-state index is 11.0. The Hall–Kier alpha value is -1.39. The van der Waals surface area contributed by atoms with Crippen molar-refractivity contribution in [2.24, 2.45) is 5.92 Å². The number of carboxylic acids is 1. The molecule has 1 aliphatic rings. The third-order valence-electron chi connectivity index (χ3n) is 2.90. The topological polar surface area (TPSA) is 80.4 Å². The van der Waals surface area contributed by atoms with Gasteiger partial charge in [-0.2, -0.15) is 0 Å². The van der Waals surface area contributed by atoms with Gasteiger partial charge in [0.15, 0.2) is 0 Å². The summed E-state index contributed by atoms with van der Waals surface area (Å²) >= 11 is 0. The van der Waals surface area contributed by atoms with Crippen molar-refractivity contribution in [3.63, 3.8) is 0 Å². The van der Waals surface area contributed by atoms with Gasteiger partial charge in [0, 0.05) is 17.3 Å². The fourth-order valence-corrected chi connectivity index (χ4v) is 1.90. The lowest BCUT2D eigenvalue weighted by Crippen LogP contribution is -2.52. The van der Waals surface area contributed by atoms with Crippen LogP contribution in [0.25, 0.3) is 0 Å². The lowest BCUT2D eigenvalue weighted by molar-refractivity contribution is -0.565. The second-order valence-corrected chi connectivity index (χ2v) is 3.85. The smallest absolute Gasteiger partial charge is 0.383 e. The second-order valence-electron chi connectivity index (χ2n) is 3.85. The van der Waals surface area contributed by atoms with Gasteiger partial charge in [-0.05, 0) is 13.3 Å². The van der Waals surface area contributed by atoms with Crippen molar-refractivity contribution in [1.29, 1.82) is 0 Å². The third-order valence-corrected chi connectivity index (χ3v) is 2.90. The molecule has 0 radical (unpaired) electrons. The van der Waals surface area contributed by atoms with Crippen LogP contribution in [0, 0.1) is 16.0 Å². The summed E-state index contributed by atoms with van der Waals surface area (Å²) in [7, 11) is 0. The Morgan fingerprint density at radius 3 is 2.71 bits per heavy atom. The zero-order valence-corrected chi connectivity index (χ0v) is 8.19. The van der Waals surface area contributed by atoms with Crippen LogP contribution in [-0.2, 0) is 4.79 Å². The Bertz CT molecular complexity index is 294. The number of allylic oxidation sites excluding steroid dienone is 1. The molecular formula is C9H13NO4. The summed E-state index contributed by atoms with van der Waals surface area (Å²) in [6.45, 7) is 3.48. The van der Waals surface area contributed by atoms with Gasteiger partial charge in [-0.15, -0.1) is 0 Å². The standard InChI is InChI=1S/C9H13NO4/c1-6-3-4-9(8(11)12,10(13)14)7(2)5-6/h3,7H,4-5H2,1-2H3,(H,11,12). The Morgan fingerprint density at radius 1 is 1.79 bits per heavy atom. The summed E-state index contributed by atoms with van der Waals surface area (Å²) in [6, 6.07) is 0. The first kappa shape index (κ1) is 10.7. The Kier molecular flexibility index (Phi) is 2.59. The van der Waals surface area contributed by atoms with Crippen LogP contribution < -0.4 is 0 Å². The molecule has 0 aliphatic heterocycles. The van der Waals surface area contributed by atoms with Gasteiger partial charge in [0.05, 0.1) is 0 Å². The Labute approximate surface area is 81.6 Å². The number of carboxylic acid groups (broad SMARTS) is 1. The quantitative estimate of drug-likeness (QED) is 0.414. The van der Waals surface area contributed by atoms with Gasteiger partial charge in [-0.25, -0.2) is 4.79 Å². The number of rotatable bonds is 2. The molecule has 0 spiro atoms. The van der Waals surface area contributed by atoms with E-state index < -0.39 is 22.3 Å². The number of hydrogen-bond acceptors (Lipinski definition) is 3. The van der Waals surface area contributed by atoms with Crippen molar-refractivity contribution in [3.8, 4) is 0 Å². The number of carbonyl (C=O) groups is 1. The molecular weight excluding hydrogens is 186 g/mol. The van der Waals surface area contributed by atoms with Gasteiger partial charge in [0.1, 0.15) is 0 Å². The predicted molar refractivity (Wildman–Crippen MR) is 49.5 cm³/mol. The summed E-state index contributed by atoms with van der Waals surface area (Å²) in [5.41, 5.74) is -0.796. The van der Waals surface area contributed by atoms with Crippen molar-refractivity contribution in [1.82, 2.24) is 0 Å². The molecule has 1 aliphatic carbocycles. The molecule has 1 rings (SSSR count). The van der Waals surface area contributed by atoms with E-state index in [1.54, 1.807) is 13.0 Å². The molecule has 2 unspecified atom stereocenters. The van der Waals surface area contributed by atoms with Crippen LogP contribution in [0.15, 0.2) is 11.6 Å². The van der Waals surface area contributed by atoms with E-state index in [2.05, 4.69) is 0 Å². The molecule has 14 heavy (non-hydrogen) atoms. The van der Waals surface area contributed by atoms with Gasteiger partial charge in [0.25, 0.3) is 0 Å². The fourth-order valence-electron chi connectivity index (χ4n) is 1.90. The van der Waals surface area contributed by atoms with Gasteiger partial charge in [-0.1, -0.05) is 18.6 Å². The van der Waals surface area contributed by atoms with Crippen LogP contribution in [0.2, 0.25) is 0 Å². The highest BCUT2D eigenvalue weighted by molar-refractivity contribution is 5.78. The molecule has 2 atom stereocenters. The molecule has 0 amide bonds. The zero-order valence-electron chi connectivity index (χ0n) is 8.19. The lowest BCUT2D eigenvalue weighted by Gasteiger charge is -2.29. The monoisotopic (exact) mass is 199 g/mol. The minimum atomic E-state index is -1.82. The normalized spacial score (nSPS) is 32.1. The SMILES string of the molecule is CC1=CCC(C(=O)O)([N+](=O)[O-])C(C)C1. The lowest BCUT2D eigenvalue weighted by atomic mass is 9.75. The molecule has 5 heteroatoms. The predicted octanol–water partition coefficient (Wildman–Crippen LogP) is 1.46. The Morgan fingerprint density at radius 2 is 2.36 bits per heavy atom. The minimum absolute atomic E-state index is 0.0116. The van der Waals surface area contributed by atoms with Crippen molar-refractivity contribution >= 4 is 5.97 Å².